The maximum atomic E-state index is 11.2. The van der Waals surface area contributed by atoms with Gasteiger partial charge in [-0.2, -0.15) is 0 Å². The molecule has 0 atom stereocenters. The molecular weight excluding hydrogens is 212 g/mol. The van der Waals surface area contributed by atoms with Crippen LogP contribution in [0.3, 0.4) is 0 Å². The van der Waals surface area contributed by atoms with E-state index in [4.69, 9.17) is 5.73 Å². The second kappa shape index (κ2) is 4.57. The van der Waals surface area contributed by atoms with Crippen LogP contribution >= 0.6 is 0 Å². The van der Waals surface area contributed by atoms with Crippen LogP contribution < -0.4 is 11.1 Å². The van der Waals surface area contributed by atoms with Crippen molar-refractivity contribution in [3.05, 3.63) is 12.4 Å². The summed E-state index contributed by atoms with van der Waals surface area (Å²) in [6, 6.07) is 0.346. The Morgan fingerprint density at radius 2 is 2.13 bits per heavy atom. The molecule has 1 fully saturated rings. The zero-order valence-electron chi connectivity index (χ0n) is 8.35. The quantitative estimate of drug-likeness (QED) is 0.762. The Balaban J connectivity index is 1.94. The van der Waals surface area contributed by atoms with E-state index in [1.165, 1.54) is 6.20 Å². The Morgan fingerprint density at radius 3 is 2.80 bits per heavy atom. The molecule has 82 valence electrons. The van der Waals surface area contributed by atoms with E-state index in [0.29, 0.717) is 17.7 Å². The lowest BCUT2D eigenvalue weighted by atomic mass is 10.1. The van der Waals surface area contributed by atoms with E-state index in [1.54, 1.807) is 6.20 Å². The minimum atomic E-state index is -0.624. The summed E-state index contributed by atoms with van der Waals surface area (Å²) in [5.41, 5.74) is 5.52. The number of nitrogen functional groups attached to an aromatic ring is 1. The van der Waals surface area contributed by atoms with Crippen molar-refractivity contribution in [2.24, 2.45) is 0 Å². The fourth-order valence-corrected chi connectivity index (χ4v) is 2.90. The number of nitrogens with two attached hydrogens (primary N) is 1. The fraction of sp³-hybridized carbons (Fsp3) is 0.556. The number of hydrogen-bond donors (Lipinski definition) is 2. The van der Waals surface area contributed by atoms with Gasteiger partial charge in [0, 0.05) is 28.3 Å². The van der Waals surface area contributed by atoms with Crippen molar-refractivity contribution in [3.8, 4) is 0 Å². The van der Waals surface area contributed by atoms with Gasteiger partial charge in [0.15, 0.2) is 0 Å². The van der Waals surface area contributed by atoms with Crippen LogP contribution in [0, 0.1) is 0 Å². The van der Waals surface area contributed by atoms with Gasteiger partial charge in [-0.3, -0.25) is 9.19 Å². The number of aromatic nitrogens is 2. The van der Waals surface area contributed by atoms with Crippen LogP contribution in [0.5, 0.6) is 0 Å². The highest BCUT2D eigenvalue weighted by Gasteiger charge is 2.17. The van der Waals surface area contributed by atoms with Gasteiger partial charge in [0.2, 0.25) is 0 Å². The van der Waals surface area contributed by atoms with E-state index in [0.717, 1.165) is 24.3 Å². The first-order chi connectivity index (χ1) is 7.24. The van der Waals surface area contributed by atoms with E-state index in [2.05, 4.69) is 15.3 Å². The van der Waals surface area contributed by atoms with Gasteiger partial charge in [-0.25, -0.2) is 4.98 Å². The molecule has 1 aliphatic rings. The van der Waals surface area contributed by atoms with Crippen LogP contribution in [0.2, 0.25) is 0 Å². The molecule has 0 spiro atoms. The predicted octanol–water partition coefficient (Wildman–Crippen LogP) is 0.382. The molecule has 3 N–H and O–H groups in total. The Morgan fingerprint density at radius 1 is 1.40 bits per heavy atom. The molecule has 1 aromatic rings. The molecule has 5 nitrogen and oxygen atoms in total. The van der Waals surface area contributed by atoms with Gasteiger partial charge in [0.25, 0.3) is 0 Å². The summed E-state index contributed by atoms with van der Waals surface area (Å²) >= 11 is 0. The van der Waals surface area contributed by atoms with Crippen molar-refractivity contribution in [2.75, 3.05) is 22.6 Å². The summed E-state index contributed by atoms with van der Waals surface area (Å²) in [6.07, 6.45) is 5.01. The molecule has 1 aliphatic heterocycles. The summed E-state index contributed by atoms with van der Waals surface area (Å²) in [5.74, 6) is 2.66. The number of hydrogen-bond acceptors (Lipinski definition) is 5. The van der Waals surface area contributed by atoms with Gasteiger partial charge in [-0.05, 0) is 12.8 Å². The van der Waals surface area contributed by atoms with Crippen LogP contribution in [-0.4, -0.2) is 31.7 Å². The van der Waals surface area contributed by atoms with E-state index >= 15 is 0 Å². The first-order valence-electron chi connectivity index (χ1n) is 4.93. The number of rotatable bonds is 2. The maximum absolute atomic E-state index is 11.2. The molecule has 15 heavy (non-hydrogen) atoms. The number of nitrogens with one attached hydrogen (secondary N) is 1. The monoisotopic (exact) mass is 226 g/mol. The molecule has 0 radical (unpaired) electrons. The lowest BCUT2D eigenvalue weighted by molar-refractivity contribution is 0.622. The summed E-state index contributed by atoms with van der Waals surface area (Å²) < 4.78 is 11.2. The van der Waals surface area contributed by atoms with E-state index in [9.17, 15) is 4.21 Å². The zero-order chi connectivity index (χ0) is 10.7. The average molecular weight is 226 g/mol. The number of nitrogens with zero attached hydrogens (tertiary/aromatic N) is 2. The normalized spacial score (nSPS) is 26.1. The second-order valence-corrected chi connectivity index (χ2v) is 5.29. The molecule has 2 rings (SSSR count). The second-order valence-electron chi connectivity index (χ2n) is 3.60. The average Bonchev–Trinajstić information content (AvgIpc) is 2.22. The largest absolute Gasteiger partial charge is 0.382 e. The first kappa shape index (κ1) is 10.4. The van der Waals surface area contributed by atoms with Crippen molar-refractivity contribution in [2.45, 2.75) is 18.9 Å². The molecule has 1 aromatic heterocycles. The summed E-state index contributed by atoms with van der Waals surface area (Å²) in [6.45, 7) is 0. The van der Waals surface area contributed by atoms with Crippen LogP contribution in [0.15, 0.2) is 12.4 Å². The van der Waals surface area contributed by atoms with E-state index < -0.39 is 10.8 Å². The molecular formula is C9H14N4OS. The smallest absolute Gasteiger partial charge is 0.147 e. The summed E-state index contributed by atoms with van der Waals surface area (Å²) in [7, 11) is -0.624. The van der Waals surface area contributed by atoms with E-state index in [1.807, 2.05) is 0 Å². The third-order valence-electron chi connectivity index (χ3n) is 2.39. The third kappa shape index (κ3) is 2.89. The Labute approximate surface area is 91.0 Å². The van der Waals surface area contributed by atoms with Crippen molar-refractivity contribution < 1.29 is 4.21 Å². The van der Waals surface area contributed by atoms with Gasteiger partial charge in [-0.1, -0.05) is 0 Å². The van der Waals surface area contributed by atoms with Crippen LogP contribution in [0.1, 0.15) is 12.8 Å². The minimum absolute atomic E-state index is 0.346. The van der Waals surface area contributed by atoms with Crippen LogP contribution in [-0.2, 0) is 10.8 Å². The Kier molecular flexibility index (Phi) is 3.15. The van der Waals surface area contributed by atoms with Crippen molar-refractivity contribution >= 4 is 22.4 Å². The Bertz CT molecular complexity index is 361. The molecule has 0 aliphatic carbocycles. The molecule has 2 heterocycles. The van der Waals surface area contributed by atoms with Crippen molar-refractivity contribution in [1.29, 1.82) is 0 Å². The topological polar surface area (TPSA) is 80.9 Å². The van der Waals surface area contributed by atoms with Crippen molar-refractivity contribution in [3.63, 3.8) is 0 Å². The van der Waals surface area contributed by atoms with Crippen LogP contribution in [0.4, 0.5) is 11.6 Å². The third-order valence-corrected chi connectivity index (χ3v) is 3.78. The highest BCUT2D eigenvalue weighted by molar-refractivity contribution is 7.85. The highest BCUT2D eigenvalue weighted by Crippen LogP contribution is 2.14. The lowest BCUT2D eigenvalue weighted by Gasteiger charge is -2.22. The highest BCUT2D eigenvalue weighted by atomic mass is 32.2. The predicted molar refractivity (Wildman–Crippen MR) is 61.0 cm³/mol. The van der Waals surface area contributed by atoms with Gasteiger partial charge in [-0.15, -0.1) is 0 Å². The first-order valence-corrected chi connectivity index (χ1v) is 6.42. The SMILES string of the molecule is Nc1cncc(NC2CCS(=O)CC2)n1. The van der Waals surface area contributed by atoms with Gasteiger partial charge < -0.3 is 11.1 Å². The maximum Gasteiger partial charge on any atom is 0.147 e. The molecule has 6 heteroatoms. The fourth-order valence-electron chi connectivity index (χ4n) is 1.60. The Hall–Kier alpha value is -1.17. The molecule has 0 aromatic carbocycles. The standard InChI is InChI=1S/C9H14N4OS/c10-8-5-11-6-9(13-8)12-7-1-3-15(14)4-2-7/h5-7H,1-4H2,(H3,10,12,13). The van der Waals surface area contributed by atoms with Crippen LogP contribution in [0.25, 0.3) is 0 Å². The molecule has 0 bridgehead atoms. The molecule has 0 unspecified atom stereocenters. The summed E-state index contributed by atoms with van der Waals surface area (Å²) in [4.78, 5) is 8.07. The van der Waals surface area contributed by atoms with Gasteiger partial charge >= 0.3 is 0 Å². The van der Waals surface area contributed by atoms with Gasteiger partial charge in [0.1, 0.15) is 11.6 Å². The molecule has 1 saturated heterocycles. The van der Waals surface area contributed by atoms with E-state index in [-0.39, 0.29) is 0 Å². The van der Waals surface area contributed by atoms with Gasteiger partial charge in [0.05, 0.1) is 12.4 Å². The minimum Gasteiger partial charge on any atom is -0.382 e. The van der Waals surface area contributed by atoms with Crippen molar-refractivity contribution in [1.82, 2.24) is 9.97 Å². The zero-order valence-corrected chi connectivity index (χ0v) is 9.17. The molecule has 0 amide bonds. The molecule has 0 saturated carbocycles. The lowest BCUT2D eigenvalue weighted by Crippen LogP contribution is -2.29. The summed E-state index contributed by atoms with van der Waals surface area (Å²) in [5, 5.41) is 3.25. The number of anilines is 2.